The van der Waals surface area contributed by atoms with Crippen molar-refractivity contribution in [1.29, 1.82) is 5.26 Å². The van der Waals surface area contributed by atoms with Crippen molar-refractivity contribution in [3.8, 4) is 11.8 Å². The summed E-state index contributed by atoms with van der Waals surface area (Å²) in [6.45, 7) is 5.01. The number of benzene rings is 3. The van der Waals surface area contributed by atoms with Gasteiger partial charge in [0.1, 0.15) is 11.8 Å². The Morgan fingerprint density at radius 3 is 2.39 bits per heavy atom. The van der Waals surface area contributed by atoms with Gasteiger partial charge in [0.25, 0.3) is 0 Å². The van der Waals surface area contributed by atoms with Crippen molar-refractivity contribution in [3.05, 3.63) is 95.1 Å². The van der Waals surface area contributed by atoms with Crippen molar-refractivity contribution in [2.45, 2.75) is 24.5 Å². The van der Waals surface area contributed by atoms with Crippen LogP contribution < -0.4 is 4.74 Å². The van der Waals surface area contributed by atoms with E-state index in [4.69, 9.17) is 9.47 Å². The van der Waals surface area contributed by atoms with Crippen molar-refractivity contribution >= 4 is 10.0 Å². The number of sulfonamides is 1. The lowest BCUT2D eigenvalue weighted by molar-refractivity contribution is 0.00762. The fraction of sp³-hybridized carbons (Fsp3) is 0.321. The van der Waals surface area contributed by atoms with E-state index >= 15 is 0 Å². The van der Waals surface area contributed by atoms with Crippen LogP contribution in [0.5, 0.6) is 5.75 Å². The SMILES string of the molecule is COc1cccc([C@@H](CN2CCN(S(=O)(=O)c3ccccc3C#N)CC2)OCc2ccc(C)cc2)c1. The Hall–Kier alpha value is -3.22. The minimum atomic E-state index is -3.73. The molecule has 3 aromatic rings. The smallest absolute Gasteiger partial charge is 0.244 e. The molecule has 0 aliphatic carbocycles. The molecule has 0 unspecified atom stereocenters. The molecule has 1 aliphatic heterocycles. The Bertz CT molecular complexity index is 1310. The zero-order chi connectivity index (χ0) is 25.5. The topological polar surface area (TPSA) is 82.9 Å². The molecule has 0 amide bonds. The number of methoxy groups -OCH3 is 1. The van der Waals surface area contributed by atoms with Crippen LogP contribution in [0.15, 0.2) is 77.7 Å². The molecule has 0 spiro atoms. The van der Waals surface area contributed by atoms with E-state index < -0.39 is 10.0 Å². The highest BCUT2D eigenvalue weighted by atomic mass is 32.2. The normalized spacial score (nSPS) is 15.8. The first-order chi connectivity index (χ1) is 17.4. The third-order valence-electron chi connectivity index (χ3n) is 6.42. The average Bonchev–Trinajstić information content (AvgIpc) is 2.92. The summed E-state index contributed by atoms with van der Waals surface area (Å²) in [5, 5.41) is 9.35. The van der Waals surface area contributed by atoms with E-state index in [0.29, 0.717) is 39.3 Å². The highest BCUT2D eigenvalue weighted by Crippen LogP contribution is 2.26. The van der Waals surface area contributed by atoms with E-state index in [1.54, 1.807) is 19.2 Å². The van der Waals surface area contributed by atoms with Crippen molar-refractivity contribution in [2.75, 3.05) is 39.8 Å². The van der Waals surface area contributed by atoms with Crippen molar-refractivity contribution < 1.29 is 17.9 Å². The number of nitriles is 1. The van der Waals surface area contributed by atoms with E-state index in [2.05, 4.69) is 36.1 Å². The lowest BCUT2D eigenvalue weighted by Gasteiger charge is -2.36. The van der Waals surface area contributed by atoms with Crippen LogP contribution in [0.1, 0.15) is 28.4 Å². The van der Waals surface area contributed by atoms with E-state index in [1.165, 1.54) is 22.0 Å². The van der Waals surface area contributed by atoms with Crippen LogP contribution in [-0.4, -0.2) is 57.5 Å². The molecule has 0 radical (unpaired) electrons. The second-order valence-electron chi connectivity index (χ2n) is 8.87. The van der Waals surface area contributed by atoms with Crippen LogP contribution in [0.4, 0.5) is 0 Å². The van der Waals surface area contributed by atoms with Gasteiger partial charge in [-0.1, -0.05) is 54.1 Å². The molecule has 0 saturated carbocycles. The minimum absolute atomic E-state index is 0.0663. The number of hydrogen-bond donors (Lipinski definition) is 0. The van der Waals surface area contributed by atoms with Gasteiger partial charge in [-0.05, 0) is 42.3 Å². The third kappa shape index (κ3) is 6.12. The van der Waals surface area contributed by atoms with Gasteiger partial charge in [-0.2, -0.15) is 9.57 Å². The molecule has 188 valence electrons. The lowest BCUT2D eigenvalue weighted by atomic mass is 10.1. The van der Waals surface area contributed by atoms with E-state index in [0.717, 1.165) is 16.9 Å². The molecule has 1 saturated heterocycles. The van der Waals surface area contributed by atoms with Crippen LogP contribution in [0.2, 0.25) is 0 Å². The molecule has 7 nitrogen and oxygen atoms in total. The molecule has 36 heavy (non-hydrogen) atoms. The summed E-state index contributed by atoms with van der Waals surface area (Å²) >= 11 is 0. The number of aryl methyl sites for hydroxylation is 1. The third-order valence-corrected chi connectivity index (χ3v) is 8.37. The van der Waals surface area contributed by atoms with Gasteiger partial charge in [0.05, 0.1) is 30.3 Å². The monoisotopic (exact) mass is 505 g/mol. The molecule has 0 aromatic heterocycles. The van der Waals surface area contributed by atoms with Gasteiger partial charge in [0.15, 0.2) is 0 Å². The van der Waals surface area contributed by atoms with Gasteiger partial charge >= 0.3 is 0 Å². The molecule has 1 aliphatic rings. The zero-order valence-corrected chi connectivity index (χ0v) is 21.4. The highest BCUT2D eigenvalue weighted by molar-refractivity contribution is 7.89. The van der Waals surface area contributed by atoms with E-state index in [1.807, 2.05) is 30.3 Å². The molecule has 1 fully saturated rings. The number of nitrogens with zero attached hydrogens (tertiary/aromatic N) is 3. The van der Waals surface area contributed by atoms with Gasteiger partial charge in [-0.3, -0.25) is 4.90 Å². The Kier molecular flexibility index (Phi) is 8.39. The lowest BCUT2D eigenvalue weighted by Crippen LogP contribution is -2.49. The Morgan fingerprint density at radius 2 is 1.69 bits per heavy atom. The van der Waals surface area contributed by atoms with Gasteiger partial charge in [-0.15, -0.1) is 0 Å². The first kappa shape index (κ1) is 25.9. The zero-order valence-electron chi connectivity index (χ0n) is 20.6. The summed E-state index contributed by atoms with van der Waals surface area (Å²) < 4.78 is 39.6. The largest absolute Gasteiger partial charge is 0.497 e. The van der Waals surface area contributed by atoms with Crippen LogP contribution in [0, 0.1) is 18.3 Å². The fourth-order valence-electron chi connectivity index (χ4n) is 4.29. The molecule has 8 heteroatoms. The second-order valence-corrected chi connectivity index (χ2v) is 10.8. The maximum atomic E-state index is 13.2. The standard InChI is InChI=1S/C28H31N3O4S/c1-22-10-12-23(13-11-22)21-35-27(24-7-5-8-26(18-24)34-2)20-30-14-16-31(17-15-30)36(32,33)28-9-4-3-6-25(28)19-29/h3-13,18,27H,14-17,20-21H2,1-2H3/t27-/m1/s1. The first-order valence-corrected chi connectivity index (χ1v) is 13.4. The predicted octanol–water partition coefficient (Wildman–Crippen LogP) is 4.14. The maximum absolute atomic E-state index is 13.2. The average molecular weight is 506 g/mol. The number of rotatable bonds is 9. The predicted molar refractivity (Wildman–Crippen MR) is 138 cm³/mol. The quantitative estimate of drug-likeness (QED) is 0.435. The molecule has 4 rings (SSSR count). The summed E-state index contributed by atoms with van der Waals surface area (Å²) in [5.41, 5.74) is 3.48. The van der Waals surface area contributed by atoms with Gasteiger partial charge in [-0.25, -0.2) is 8.42 Å². The summed E-state index contributed by atoms with van der Waals surface area (Å²) in [5.74, 6) is 0.767. The fourth-order valence-corrected chi connectivity index (χ4v) is 5.85. The molecular formula is C28H31N3O4S. The molecule has 1 heterocycles. The van der Waals surface area contributed by atoms with Crippen LogP contribution in [0.3, 0.4) is 0 Å². The Balaban J connectivity index is 1.45. The number of ether oxygens (including phenoxy) is 2. The molecule has 3 aromatic carbocycles. The summed E-state index contributed by atoms with van der Waals surface area (Å²) in [4.78, 5) is 2.29. The van der Waals surface area contributed by atoms with Crippen molar-refractivity contribution in [1.82, 2.24) is 9.21 Å². The summed E-state index contributed by atoms with van der Waals surface area (Å²) in [6, 6.07) is 24.5. The molecule has 1 atom stereocenters. The van der Waals surface area contributed by atoms with Gasteiger partial charge in [0, 0.05) is 32.7 Å². The van der Waals surface area contributed by atoms with Crippen molar-refractivity contribution in [3.63, 3.8) is 0 Å². The van der Waals surface area contributed by atoms with Crippen LogP contribution in [-0.2, 0) is 21.4 Å². The van der Waals surface area contributed by atoms with Gasteiger partial charge < -0.3 is 9.47 Å². The van der Waals surface area contributed by atoms with E-state index in [9.17, 15) is 13.7 Å². The Labute approximate surface area is 213 Å². The van der Waals surface area contributed by atoms with Gasteiger partial charge in [0.2, 0.25) is 10.0 Å². The Morgan fingerprint density at radius 1 is 0.972 bits per heavy atom. The highest BCUT2D eigenvalue weighted by Gasteiger charge is 2.31. The summed E-state index contributed by atoms with van der Waals surface area (Å²) in [7, 11) is -2.09. The van der Waals surface area contributed by atoms with Crippen LogP contribution >= 0.6 is 0 Å². The van der Waals surface area contributed by atoms with Crippen LogP contribution in [0.25, 0.3) is 0 Å². The second kappa shape index (κ2) is 11.7. The number of hydrogen-bond acceptors (Lipinski definition) is 6. The maximum Gasteiger partial charge on any atom is 0.244 e. The molecule has 0 bridgehead atoms. The minimum Gasteiger partial charge on any atom is -0.497 e. The molecular weight excluding hydrogens is 474 g/mol. The van der Waals surface area contributed by atoms with Crippen molar-refractivity contribution in [2.24, 2.45) is 0 Å². The van der Waals surface area contributed by atoms with E-state index in [-0.39, 0.29) is 16.6 Å². The summed E-state index contributed by atoms with van der Waals surface area (Å²) in [6.07, 6.45) is -0.205. The number of piperazine rings is 1. The molecule has 0 N–H and O–H groups in total. The first-order valence-electron chi connectivity index (χ1n) is 11.9.